The van der Waals surface area contributed by atoms with Crippen molar-refractivity contribution in [2.75, 3.05) is 0 Å². The van der Waals surface area contributed by atoms with Gasteiger partial charge in [-0.3, -0.25) is 9.59 Å². The van der Waals surface area contributed by atoms with Crippen LogP contribution in [-0.4, -0.2) is 37.0 Å². The molecule has 0 radical (unpaired) electrons. The molecule has 0 saturated carbocycles. The summed E-state index contributed by atoms with van der Waals surface area (Å²) in [5, 5.41) is 11.8. The molecule has 180 valence electrons. The van der Waals surface area contributed by atoms with Crippen LogP contribution in [0.25, 0.3) is 0 Å². The number of rotatable bonds is 8. The minimum absolute atomic E-state index is 0.0460. The second-order valence-corrected chi connectivity index (χ2v) is 9.96. The SMILES string of the molecule is CC(C)(C)c1ccc(C(=O)NC(CC(=O)O)Cc2ccc(OS(=O)(=O)C(F)(F)F)cc2)cc1. The molecule has 2 rings (SSSR count). The van der Waals surface area contributed by atoms with Crippen molar-refractivity contribution in [2.45, 2.75) is 50.6 Å². The van der Waals surface area contributed by atoms with Gasteiger partial charge in [0, 0.05) is 11.6 Å². The van der Waals surface area contributed by atoms with E-state index < -0.39 is 45.7 Å². The van der Waals surface area contributed by atoms with E-state index in [1.165, 1.54) is 12.1 Å². The number of benzene rings is 2. The second kappa shape index (κ2) is 9.82. The predicted octanol–water partition coefficient (Wildman–Crippen LogP) is 4.03. The van der Waals surface area contributed by atoms with Gasteiger partial charge < -0.3 is 14.6 Å². The maximum Gasteiger partial charge on any atom is 0.534 e. The smallest absolute Gasteiger partial charge is 0.481 e. The van der Waals surface area contributed by atoms with Crippen molar-refractivity contribution in [1.29, 1.82) is 0 Å². The topological polar surface area (TPSA) is 110 Å². The molecule has 1 amide bonds. The van der Waals surface area contributed by atoms with Gasteiger partial charge in [-0.15, -0.1) is 0 Å². The molecular weight excluding hydrogens is 463 g/mol. The molecule has 0 heterocycles. The highest BCUT2D eigenvalue weighted by atomic mass is 32.2. The van der Waals surface area contributed by atoms with Crippen LogP contribution in [-0.2, 0) is 26.7 Å². The third kappa shape index (κ3) is 7.48. The monoisotopic (exact) mass is 487 g/mol. The van der Waals surface area contributed by atoms with Crippen molar-refractivity contribution >= 4 is 22.0 Å². The lowest BCUT2D eigenvalue weighted by atomic mass is 9.86. The van der Waals surface area contributed by atoms with Crippen molar-refractivity contribution in [3.8, 4) is 5.75 Å². The van der Waals surface area contributed by atoms with Crippen LogP contribution in [0.5, 0.6) is 5.75 Å². The molecular formula is C22H24F3NO6S. The highest BCUT2D eigenvalue weighted by Gasteiger charge is 2.48. The van der Waals surface area contributed by atoms with E-state index in [1.807, 2.05) is 32.9 Å². The molecule has 0 aliphatic rings. The number of carboxylic acids is 1. The average molecular weight is 487 g/mol. The van der Waals surface area contributed by atoms with Crippen LogP contribution in [0.1, 0.15) is 48.7 Å². The van der Waals surface area contributed by atoms with Crippen molar-refractivity contribution < 1.29 is 40.5 Å². The summed E-state index contributed by atoms with van der Waals surface area (Å²) in [6.45, 7) is 6.08. The molecule has 7 nitrogen and oxygen atoms in total. The number of nitrogens with one attached hydrogen (secondary N) is 1. The van der Waals surface area contributed by atoms with Gasteiger partial charge in [0.1, 0.15) is 5.75 Å². The Bertz CT molecular complexity index is 1090. The Labute approximate surface area is 189 Å². The number of amides is 1. The summed E-state index contributed by atoms with van der Waals surface area (Å²) in [6, 6.07) is 10.7. The first kappa shape index (κ1) is 26.2. The third-order valence-electron chi connectivity index (χ3n) is 4.66. The molecule has 33 heavy (non-hydrogen) atoms. The lowest BCUT2D eigenvalue weighted by Crippen LogP contribution is -2.38. The maximum absolute atomic E-state index is 12.6. The van der Waals surface area contributed by atoms with E-state index in [0.717, 1.165) is 17.7 Å². The Morgan fingerprint density at radius 3 is 2.00 bits per heavy atom. The van der Waals surface area contributed by atoms with Gasteiger partial charge in [-0.05, 0) is 47.2 Å². The highest BCUT2D eigenvalue weighted by molar-refractivity contribution is 7.88. The molecule has 1 atom stereocenters. The standard InChI is InChI=1S/C22H24F3NO6S/c1-21(2,3)16-8-6-15(7-9-16)20(29)26-17(13-19(27)28)12-14-4-10-18(11-5-14)32-33(30,31)22(23,24)25/h4-11,17H,12-13H2,1-3H3,(H,26,29)(H,27,28). The number of carboxylic acid groups (broad SMARTS) is 1. The van der Waals surface area contributed by atoms with E-state index in [1.54, 1.807) is 12.1 Å². The normalized spacial score (nSPS) is 13.3. The van der Waals surface area contributed by atoms with Gasteiger partial charge >= 0.3 is 21.6 Å². The zero-order chi connectivity index (χ0) is 25.0. The van der Waals surface area contributed by atoms with Crippen molar-refractivity contribution in [3.05, 3.63) is 65.2 Å². The third-order valence-corrected chi connectivity index (χ3v) is 5.64. The summed E-state index contributed by atoms with van der Waals surface area (Å²) < 4.78 is 63.5. The molecule has 2 N–H and O–H groups in total. The first-order valence-corrected chi connectivity index (χ1v) is 11.2. The number of halogens is 3. The van der Waals surface area contributed by atoms with Crippen molar-refractivity contribution in [2.24, 2.45) is 0 Å². The summed E-state index contributed by atoms with van der Waals surface area (Å²) >= 11 is 0. The largest absolute Gasteiger partial charge is 0.534 e. The summed E-state index contributed by atoms with van der Waals surface area (Å²) in [5.74, 6) is -2.17. The van der Waals surface area contributed by atoms with E-state index in [2.05, 4.69) is 9.50 Å². The number of hydrogen-bond acceptors (Lipinski definition) is 5. The Balaban J connectivity index is 2.11. The van der Waals surface area contributed by atoms with E-state index in [4.69, 9.17) is 0 Å². The molecule has 0 aromatic heterocycles. The molecule has 1 unspecified atom stereocenters. The average Bonchev–Trinajstić information content (AvgIpc) is 2.67. The van der Waals surface area contributed by atoms with Crippen LogP contribution in [0.4, 0.5) is 13.2 Å². The summed E-state index contributed by atoms with van der Waals surface area (Å²) in [5.41, 5.74) is -3.83. The van der Waals surface area contributed by atoms with Crippen molar-refractivity contribution in [3.63, 3.8) is 0 Å². The molecule has 11 heteroatoms. The van der Waals surface area contributed by atoms with Crippen LogP contribution >= 0.6 is 0 Å². The fourth-order valence-electron chi connectivity index (χ4n) is 2.91. The summed E-state index contributed by atoms with van der Waals surface area (Å²) in [7, 11) is -5.80. The first-order chi connectivity index (χ1) is 15.1. The van der Waals surface area contributed by atoms with Gasteiger partial charge in [0.05, 0.1) is 6.42 Å². The quantitative estimate of drug-likeness (QED) is 0.430. The molecule has 0 aliphatic carbocycles. The van der Waals surface area contributed by atoms with Crippen LogP contribution in [0.15, 0.2) is 48.5 Å². The lowest BCUT2D eigenvalue weighted by molar-refractivity contribution is -0.137. The van der Waals surface area contributed by atoms with Gasteiger partial charge in [-0.1, -0.05) is 45.0 Å². The number of carbonyl (C=O) groups is 2. The Kier molecular flexibility index (Phi) is 7.79. The van der Waals surface area contributed by atoms with Gasteiger partial charge in [0.25, 0.3) is 5.91 Å². The van der Waals surface area contributed by atoms with E-state index in [9.17, 15) is 36.3 Å². The van der Waals surface area contributed by atoms with E-state index in [0.29, 0.717) is 11.1 Å². The number of alkyl halides is 3. The summed E-state index contributed by atoms with van der Waals surface area (Å²) in [6.07, 6.45) is -0.350. The van der Waals surface area contributed by atoms with E-state index >= 15 is 0 Å². The van der Waals surface area contributed by atoms with Gasteiger partial charge in [0.15, 0.2) is 0 Å². The molecule has 2 aromatic rings. The Morgan fingerprint density at radius 2 is 1.55 bits per heavy atom. The summed E-state index contributed by atoms with van der Waals surface area (Å²) in [4.78, 5) is 23.8. The maximum atomic E-state index is 12.6. The van der Waals surface area contributed by atoms with Gasteiger partial charge in [0.2, 0.25) is 0 Å². The van der Waals surface area contributed by atoms with Crippen LogP contribution < -0.4 is 9.50 Å². The Hall–Kier alpha value is -3.08. The minimum atomic E-state index is -5.80. The molecule has 0 saturated heterocycles. The molecule has 0 aliphatic heterocycles. The van der Waals surface area contributed by atoms with Crippen LogP contribution in [0, 0.1) is 0 Å². The zero-order valence-electron chi connectivity index (χ0n) is 18.1. The van der Waals surface area contributed by atoms with Crippen LogP contribution in [0.3, 0.4) is 0 Å². The fourth-order valence-corrected chi connectivity index (χ4v) is 3.37. The highest BCUT2D eigenvalue weighted by Crippen LogP contribution is 2.27. The molecule has 0 spiro atoms. The van der Waals surface area contributed by atoms with Crippen LogP contribution in [0.2, 0.25) is 0 Å². The fraction of sp³-hybridized carbons (Fsp3) is 0.364. The Morgan fingerprint density at radius 1 is 1.00 bits per heavy atom. The van der Waals surface area contributed by atoms with Gasteiger partial charge in [-0.25, -0.2) is 0 Å². The van der Waals surface area contributed by atoms with Gasteiger partial charge in [-0.2, -0.15) is 21.6 Å². The lowest BCUT2D eigenvalue weighted by Gasteiger charge is -2.20. The van der Waals surface area contributed by atoms with E-state index in [-0.39, 0.29) is 11.8 Å². The number of hydrogen-bond donors (Lipinski definition) is 2. The molecule has 0 fully saturated rings. The molecule has 2 aromatic carbocycles. The second-order valence-electron chi connectivity index (χ2n) is 8.43. The first-order valence-electron chi connectivity index (χ1n) is 9.81. The van der Waals surface area contributed by atoms with Crippen molar-refractivity contribution in [1.82, 2.24) is 5.32 Å². The molecule has 0 bridgehead atoms. The number of carbonyl (C=O) groups excluding carboxylic acids is 1. The number of aliphatic carboxylic acids is 1. The minimum Gasteiger partial charge on any atom is -0.481 e. The predicted molar refractivity (Wildman–Crippen MR) is 114 cm³/mol. The zero-order valence-corrected chi connectivity index (χ0v) is 19.0.